The molecular weight excluding hydrogens is 276 g/mol. The van der Waals surface area contributed by atoms with E-state index in [-0.39, 0.29) is 11.3 Å². The van der Waals surface area contributed by atoms with Crippen LogP contribution >= 0.6 is 0 Å². The normalized spacial score (nSPS) is 11.1. The third-order valence-electron chi connectivity index (χ3n) is 3.42. The second-order valence-electron chi connectivity index (χ2n) is 6.31. The fourth-order valence-corrected chi connectivity index (χ4v) is 2.26. The van der Waals surface area contributed by atoms with Crippen LogP contribution in [0.3, 0.4) is 0 Å². The van der Waals surface area contributed by atoms with Gasteiger partial charge in [-0.25, -0.2) is 0 Å². The summed E-state index contributed by atoms with van der Waals surface area (Å²) in [5, 5.41) is 2.90. The molecule has 1 heterocycles. The zero-order valence-electron chi connectivity index (χ0n) is 13.7. The molecule has 4 heteroatoms. The molecular formula is C18H22N2O2. The minimum atomic E-state index is -0.140. The van der Waals surface area contributed by atoms with E-state index < -0.39 is 0 Å². The van der Waals surface area contributed by atoms with Crippen molar-refractivity contribution >= 4 is 11.6 Å². The van der Waals surface area contributed by atoms with Gasteiger partial charge in [-0.3, -0.25) is 9.78 Å². The van der Waals surface area contributed by atoms with Crippen molar-refractivity contribution in [1.29, 1.82) is 0 Å². The molecule has 2 rings (SSSR count). The van der Waals surface area contributed by atoms with Crippen LogP contribution < -0.4 is 10.1 Å². The van der Waals surface area contributed by atoms with Gasteiger partial charge in [0.25, 0.3) is 5.91 Å². The fraction of sp³-hybridized carbons (Fsp3) is 0.333. The smallest absolute Gasteiger partial charge is 0.255 e. The van der Waals surface area contributed by atoms with Crippen LogP contribution in [0.25, 0.3) is 0 Å². The van der Waals surface area contributed by atoms with Gasteiger partial charge in [-0.2, -0.15) is 0 Å². The third-order valence-corrected chi connectivity index (χ3v) is 3.42. The van der Waals surface area contributed by atoms with E-state index in [1.165, 1.54) is 0 Å². The first-order chi connectivity index (χ1) is 10.3. The van der Waals surface area contributed by atoms with Gasteiger partial charge in [0.05, 0.1) is 7.11 Å². The lowest BCUT2D eigenvalue weighted by molar-refractivity contribution is 0.102. The van der Waals surface area contributed by atoms with Crippen molar-refractivity contribution in [3.05, 3.63) is 53.3 Å². The average molecular weight is 298 g/mol. The highest BCUT2D eigenvalue weighted by Gasteiger charge is 2.20. The number of carbonyl (C=O) groups is 1. The molecule has 0 saturated heterocycles. The van der Waals surface area contributed by atoms with Crippen LogP contribution in [0.1, 0.15) is 42.4 Å². The maximum Gasteiger partial charge on any atom is 0.255 e. The molecule has 0 spiro atoms. The summed E-state index contributed by atoms with van der Waals surface area (Å²) in [5.74, 6) is 0.655. The molecule has 0 radical (unpaired) electrons. The van der Waals surface area contributed by atoms with Gasteiger partial charge in [0.1, 0.15) is 5.75 Å². The van der Waals surface area contributed by atoms with Gasteiger partial charge in [0.15, 0.2) is 0 Å². The summed E-state index contributed by atoms with van der Waals surface area (Å²) in [6.45, 7) is 8.18. The maximum absolute atomic E-state index is 12.4. The number of aromatic nitrogens is 1. The SMILES string of the molecule is COc1ccc(C(=O)Nc2ccnc(C)c2)cc1C(C)(C)C. The number of ether oxygens (including phenoxy) is 1. The Morgan fingerprint density at radius 3 is 2.50 bits per heavy atom. The van der Waals surface area contributed by atoms with Gasteiger partial charge < -0.3 is 10.1 Å². The van der Waals surface area contributed by atoms with Crippen LogP contribution in [0.15, 0.2) is 36.5 Å². The molecule has 0 fully saturated rings. The first kappa shape index (κ1) is 16.0. The Hall–Kier alpha value is -2.36. The Morgan fingerprint density at radius 1 is 1.18 bits per heavy atom. The zero-order chi connectivity index (χ0) is 16.3. The van der Waals surface area contributed by atoms with Gasteiger partial charge in [-0.05, 0) is 42.7 Å². The minimum absolute atomic E-state index is 0.102. The number of nitrogens with zero attached hydrogens (tertiary/aromatic N) is 1. The Kier molecular flexibility index (Phi) is 4.50. The van der Waals surface area contributed by atoms with Crippen LogP contribution in [-0.4, -0.2) is 18.0 Å². The number of anilines is 1. The predicted molar refractivity (Wildman–Crippen MR) is 88.6 cm³/mol. The molecule has 0 aliphatic carbocycles. The van der Waals surface area contributed by atoms with Crippen molar-refractivity contribution in [2.24, 2.45) is 0 Å². The van der Waals surface area contributed by atoms with Gasteiger partial charge in [0.2, 0.25) is 0 Å². The fourth-order valence-electron chi connectivity index (χ4n) is 2.26. The topological polar surface area (TPSA) is 51.2 Å². The maximum atomic E-state index is 12.4. The van der Waals surface area contributed by atoms with E-state index in [4.69, 9.17) is 4.74 Å². The van der Waals surface area contributed by atoms with Gasteiger partial charge in [-0.1, -0.05) is 20.8 Å². The first-order valence-corrected chi connectivity index (χ1v) is 7.24. The Morgan fingerprint density at radius 2 is 1.91 bits per heavy atom. The molecule has 0 bridgehead atoms. The van der Waals surface area contributed by atoms with E-state index >= 15 is 0 Å². The van der Waals surface area contributed by atoms with E-state index in [0.717, 1.165) is 22.7 Å². The molecule has 4 nitrogen and oxygen atoms in total. The summed E-state index contributed by atoms with van der Waals surface area (Å²) in [6.07, 6.45) is 1.68. The third kappa shape index (κ3) is 3.64. The number of amides is 1. The van der Waals surface area contributed by atoms with Crippen molar-refractivity contribution in [3.63, 3.8) is 0 Å². The summed E-state index contributed by atoms with van der Waals surface area (Å²) >= 11 is 0. The largest absolute Gasteiger partial charge is 0.496 e. The van der Waals surface area contributed by atoms with Crippen LogP contribution in [0.5, 0.6) is 5.75 Å². The molecule has 0 aliphatic rings. The average Bonchev–Trinajstić information content (AvgIpc) is 2.45. The van der Waals surface area contributed by atoms with Crippen LogP contribution in [0, 0.1) is 6.92 Å². The highest BCUT2D eigenvalue weighted by molar-refractivity contribution is 6.04. The molecule has 0 aliphatic heterocycles. The molecule has 22 heavy (non-hydrogen) atoms. The predicted octanol–water partition coefficient (Wildman–Crippen LogP) is 3.95. The number of hydrogen-bond donors (Lipinski definition) is 1. The lowest BCUT2D eigenvalue weighted by Gasteiger charge is -2.22. The van der Waals surface area contributed by atoms with E-state index in [1.54, 1.807) is 25.4 Å². The van der Waals surface area contributed by atoms with Crippen molar-refractivity contribution in [2.45, 2.75) is 33.1 Å². The van der Waals surface area contributed by atoms with E-state index in [0.29, 0.717) is 5.56 Å². The summed E-state index contributed by atoms with van der Waals surface area (Å²) in [4.78, 5) is 16.6. The molecule has 0 saturated carbocycles. The van der Waals surface area contributed by atoms with E-state index in [9.17, 15) is 4.79 Å². The van der Waals surface area contributed by atoms with Crippen molar-refractivity contribution in [1.82, 2.24) is 4.98 Å². The standard InChI is InChI=1S/C18H22N2O2/c1-12-10-14(8-9-19-12)20-17(21)13-6-7-16(22-5)15(11-13)18(2,3)4/h6-11H,1-5H3,(H,19,20,21). The molecule has 0 unspecified atom stereocenters. The molecule has 116 valence electrons. The van der Waals surface area contributed by atoms with Gasteiger partial charge in [-0.15, -0.1) is 0 Å². The molecule has 1 amide bonds. The molecule has 1 aromatic carbocycles. The van der Waals surface area contributed by atoms with Crippen LogP contribution in [0.4, 0.5) is 5.69 Å². The summed E-state index contributed by atoms with van der Waals surface area (Å²) in [7, 11) is 1.64. The second-order valence-corrected chi connectivity index (χ2v) is 6.31. The summed E-state index contributed by atoms with van der Waals surface area (Å²) < 4.78 is 5.40. The number of aryl methyl sites for hydroxylation is 1. The number of hydrogen-bond acceptors (Lipinski definition) is 3. The summed E-state index contributed by atoms with van der Waals surface area (Å²) in [6, 6.07) is 9.12. The first-order valence-electron chi connectivity index (χ1n) is 7.24. The second kappa shape index (κ2) is 6.18. The van der Waals surface area contributed by atoms with Crippen molar-refractivity contribution < 1.29 is 9.53 Å². The zero-order valence-corrected chi connectivity index (χ0v) is 13.7. The molecule has 0 atom stereocenters. The molecule has 2 aromatic rings. The van der Waals surface area contributed by atoms with E-state index in [1.807, 2.05) is 25.1 Å². The highest BCUT2D eigenvalue weighted by Crippen LogP contribution is 2.32. The Balaban J connectivity index is 2.30. The molecule has 1 aromatic heterocycles. The number of nitrogens with one attached hydrogen (secondary N) is 1. The lowest BCUT2D eigenvalue weighted by Crippen LogP contribution is -2.17. The highest BCUT2D eigenvalue weighted by atomic mass is 16.5. The monoisotopic (exact) mass is 298 g/mol. The number of rotatable bonds is 3. The number of pyridine rings is 1. The Labute approximate surface area is 131 Å². The quantitative estimate of drug-likeness (QED) is 0.933. The van der Waals surface area contributed by atoms with E-state index in [2.05, 4.69) is 31.1 Å². The van der Waals surface area contributed by atoms with Crippen LogP contribution in [-0.2, 0) is 5.41 Å². The Bertz CT molecular complexity index is 688. The van der Waals surface area contributed by atoms with Gasteiger partial charge >= 0.3 is 0 Å². The van der Waals surface area contributed by atoms with Crippen molar-refractivity contribution in [3.8, 4) is 5.75 Å². The van der Waals surface area contributed by atoms with Crippen molar-refractivity contribution in [2.75, 3.05) is 12.4 Å². The van der Waals surface area contributed by atoms with Gasteiger partial charge in [0, 0.05) is 28.7 Å². The number of carbonyl (C=O) groups excluding carboxylic acids is 1. The minimum Gasteiger partial charge on any atom is -0.496 e. The lowest BCUT2D eigenvalue weighted by atomic mass is 9.85. The number of benzene rings is 1. The summed E-state index contributed by atoms with van der Waals surface area (Å²) in [5.41, 5.74) is 3.12. The number of methoxy groups -OCH3 is 1. The molecule has 1 N–H and O–H groups in total. The van der Waals surface area contributed by atoms with Crippen LogP contribution in [0.2, 0.25) is 0 Å².